The number of hydrogen-bond donors (Lipinski definition) is 2. The maximum atomic E-state index is 11.6. The third-order valence-corrected chi connectivity index (χ3v) is 2.94. The molecule has 2 aromatic heterocycles. The second-order valence-corrected chi connectivity index (χ2v) is 4.99. The van der Waals surface area contributed by atoms with Gasteiger partial charge in [-0.1, -0.05) is 11.6 Å². The van der Waals surface area contributed by atoms with Gasteiger partial charge in [0.05, 0.1) is 17.7 Å². The fraction of sp³-hybridized carbons (Fsp3) is 0.200. The molecule has 8 nitrogen and oxygen atoms in total. The predicted octanol–water partition coefficient (Wildman–Crippen LogP) is 1.63. The Bertz CT molecular complexity index is 700. The number of carbonyl (C=O) groups excluding carboxylic acids is 3. The van der Waals surface area contributed by atoms with Crippen molar-refractivity contribution in [1.82, 2.24) is 10.3 Å². The number of anilines is 1. The van der Waals surface area contributed by atoms with E-state index in [4.69, 9.17) is 20.8 Å². The molecule has 0 aliphatic rings. The molecule has 0 bridgehead atoms. The summed E-state index contributed by atoms with van der Waals surface area (Å²) in [6.45, 7) is -0.381. The summed E-state index contributed by atoms with van der Waals surface area (Å²) in [4.78, 5) is 38.5. The zero-order chi connectivity index (χ0) is 17.4. The van der Waals surface area contributed by atoms with Crippen molar-refractivity contribution in [3.05, 3.63) is 47.5 Å². The first-order chi connectivity index (χ1) is 11.5. The van der Waals surface area contributed by atoms with Gasteiger partial charge in [-0.3, -0.25) is 14.4 Å². The van der Waals surface area contributed by atoms with Gasteiger partial charge >= 0.3 is 5.97 Å². The molecule has 0 spiro atoms. The average Bonchev–Trinajstić information content (AvgIpc) is 3.10. The number of aromatic nitrogens is 1. The number of rotatable bonds is 7. The summed E-state index contributed by atoms with van der Waals surface area (Å²) in [6, 6.07) is 6.17. The Morgan fingerprint density at radius 3 is 2.75 bits per heavy atom. The lowest BCUT2D eigenvalue weighted by Crippen LogP contribution is -2.27. The second-order valence-electron chi connectivity index (χ2n) is 4.55. The van der Waals surface area contributed by atoms with E-state index < -0.39 is 24.4 Å². The van der Waals surface area contributed by atoms with E-state index in [1.54, 1.807) is 12.1 Å². The number of halogens is 1. The molecule has 24 heavy (non-hydrogen) atoms. The number of carbonyl (C=O) groups is 3. The quantitative estimate of drug-likeness (QED) is 0.733. The van der Waals surface area contributed by atoms with E-state index >= 15 is 0 Å². The van der Waals surface area contributed by atoms with Crippen molar-refractivity contribution < 1.29 is 23.5 Å². The zero-order valence-electron chi connectivity index (χ0n) is 12.5. The van der Waals surface area contributed by atoms with E-state index in [-0.39, 0.29) is 18.7 Å². The first-order valence-electron chi connectivity index (χ1n) is 6.93. The lowest BCUT2D eigenvalue weighted by Gasteiger charge is -2.06. The molecule has 2 rings (SSSR count). The van der Waals surface area contributed by atoms with Crippen LogP contribution in [0.3, 0.4) is 0 Å². The first kappa shape index (κ1) is 17.5. The Labute approximate surface area is 142 Å². The maximum Gasteiger partial charge on any atom is 0.308 e. The number of nitrogens with one attached hydrogen (secondary N) is 2. The summed E-state index contributed by atoms with van der Waals surface area (Å²) in [5.41, 5.74) is 0. The Morgan fingerprint density at radius 1 is 1.25 bits per heavy atom. The number of esters is 1. The molecular formula is C15H14ClN3O5. The normalized spacial score (nSPS) is 10.0. The van der Waals surface area contributed by atoms with E-state index in [0.29, 0.717) is 10.8 Å². The number of pyridine rings is 1. The van der Waals surface area contributed by atoms with Crippen LogP contribution in [0.4, 0.5) is 5.82 Å². The molecule has 0 saturated carbocycles. The van der Waals surface area contributed by atoms with Crippen molar-refractivity contribution in [2.45, 2.75) is 6.42 Å². The minimum atomic E-state index is -0.617. The number of nitrogens with zero attached hydrogens (tertiary/aromatic N) is 1. The molecule has 0 unspecified atom stereocenters. The van der Waals surface area contributed by atoms with Gasteiger partial charge < -0.3 is 19.8 Å². The zero-order valence-corrected chi connectivity index (χ0v) is 13.2. The number of furan rings is 1. The van der Waals surface area contributed by atoms with Gasteiger partial charge in [0, 0.05) is 12.7 Å². The summed E-state index contributed by atoms with van der Waals surface area (Å²) < 4.78 is 9.69. The van der Waals surface area contributed by atoms with Crippen LogP contribution in [-0.4, -0.2) is 35.9 Å². The van der Waals surface area contributed by atoms with E-state index in [1.807, 2.05) is 0 Å². The molecule has 126 valence electrons. The van der Waals surface area contributed by atoms with Crippen molar-refractivity contribution in [1.29, 1.82) is 0 Å². The number of amides is 2. The minimum Gasteiger partial charge on any atom is -0.459 e. The van der Waals surface area contributed by atoms with Gasteiger partial charge in [-0.15, -0.1) is 0 Å². The van der Waals surface area contributed by atoms with Crippen LogP contribution < -0.4 is 10.6 Å². The molecule has 9 heteroatoms. The monoisotopic (exact) mass is 351 g/mol. The molecule has 0 fully saturated rings. The molecule has 0 saturated heterocycles. The van der Waals surface area contributed by atoms with Crippen LogP contribution >= 0.6 is 11.6 Å². The lowest BCUT2D eigenvalue weighted by atomic mass is 10.4. The third-order valence-electron chi connectivity index (χ3n) is 2.72. The van der Waals surface area contributed by atoms with Crippen molar-refractivity contribution >= 4 is 35.2 Å². The Hall–Kier alpha value is -2.87. The molecule has 2 heterocycles. The summed E-state index contributed by atoms with van der Waals surface area (Å²) in [5.74, 6) is -1.13. The molecule has 2 N–H and O–H groups in total. The minimum absolute atomic E-state index is 0.0682. The molecule has 0 radical (unpaired) electrons. The first-order valence-corrected chi connectivity index (χ1v) is 7.31. The molecule has 0 aliphatic carbocycles. The fourth-order valence-electron chi connectivity index (χ4n) is 1.62. The second kappa shape index (κ2) is 8.68. The highest BCUT2D eigenvalue weighted by atomic mass is 35.5. The standard InChI is InChI=1S/C15H14ClN3O5/c16-10-3-4-12(18-8-10)19-13(20)9-24-14(21)5-6-17-15(22)11-2-1-7-23-11/h1-4,7-8H,5-6,9H2,(H,17,22)(H,18,19,20). The van der Waals surface area contributed by atoms with Gasteiger partial charge in [0.25, 0.3) is 11.8 Å². The molecule has 2 aromatic rings. The summed E-state index contributed by atoms with van der Waals surface area (Å²) in [7, 11) is 0. The number of hydrogen-bond acceptors (Lipinski definition) is 6. The number of ether oxygens (including phenoxy) is 1. The van der Waals surface area contributed by atoms with E-state index in [1.165, 1.54) is 24.6 Å². The molecular weight excluding hydrogens is 338 g/mol. The molecule has 0 atom stereocenters. The highest BCUT2D eigenvalue weighted by Crippen LogP contribution is 2.09. The van der Waals surface area contributed by atoms with Crippen LogP contribution in [0.25, 0.3) is 0 Å². The van der Waals surface area contributed by atoms with Crippen LogP contribution in [0.1, 0.15) is 17.0 Å². The highest BCUT2D eigenvalue weighted by Gasteiger charge is 2.11. The summed E-state index contributed by atoms with van der Waals surface area (Å²) in [5, 5.41) is 5.38. The average molecular weight is 352 g/mol. The summed E-state index contributed by atoms with van der Waals surface area (Å²) in [6.07, 6.45) is 2.68. The summed E-state index contributed by atoms with van der Waals surface area (Å²) >= 11 is 5.67. The highest BCUT2D eigenvalue weighted by molar-refractivity contribution is 6.30. The SMILES string of the molecule is O=C(COC(=O)CCNC(=O)c1ccco1)Nc1ccc(Cl)cn1. The smallest absolute Gasteiger partial charge is 0.308 e. The van der Waals surface area contributed by atoms with Crippen LogP contribution in [-0.2, 0) is 14.3 Å². The molecule has 2 amide bonds. The van der Waals surface area contributed by atoms with Gasteiger partial charge in [-0.05, 0) is 24.3 Å². The van der Waals surface area contributed by atoms with Gasteiger partial charge in [-0.25, -0.2) is 4.98 Å². The maximum absolute atomic E-state index is 11.6. The van der Waals surface area contributed by atoms with Gasteiger partial charge in [0.15, 0.2) is 12.4 Å². The van der Waals surface area contributed by atoms with Crippen molar-refractivity contribution in [2.75, 3.05) is 18.5 Å². The molecule has 0 aliphatic heterocycles. The largest absolute Gasteiger partial charge is 0.459 e. The van der Waals surface area contributed by atoms with E-state index in [9.17, 15) is 14.4 Å². The molecule has 0 aromatic carbocycles. The van der Waals surface area contributed by atoms with Crippen molar-refractivity contribution in [3.63, 3.8) is 0 Å². The van der Waals surface area contributed by atoms with Crippen LogP contribution in [0.15, 0.2) is 41.1 Å². The van der Waals surface area contributed by atoms with Crippen LogP contribution in [0.2, 0.25) is 5.02 Å². The van der Waals surface area contributed by atoms with E-state index in [0.717, 1.165) is 0 Å². The van der Waals surface area contributed by atoms with Crippen molar-refractivity contribution in [3.8, 4) is 0 Å². The van der Waals surface area contributed by atoms with Gasteiger partial charge in [0.2, 0.25) is 0 Å². The van der Waals surface area contributed by atoms with Crippen molar-refractivity contribution in [2.24, 2.45) is 0 Å². The fourth-order valence-corrected chi connectivity index (χ4v) is 1.73. The third kappa shape index (κ3) is 5.73. The van der Waals surface area contributed by atoms with Gasteiger partial charge in [-0.2, -0.15) is 0 Å². The predicted molar refractivity (Wildman–Crippen MR) is 84.5 cm³/mol. The lowest BCUT2D eigenvalue weighted by molar-refractivity contribution is -0.147. The van der Waals surface area contributed by atoms with Crippen LogP contribution in [0, 0.1) is 0 Å². The topological polar surface area (TPSA) is 111 Å². The van der Waals surface area contributed by atoms with Crippen LogP contribution in [0.5, 0.6) is 0 Å². The van der Waals surface area contributed by atoms with E-state index in [2.05, 4.69) is 15.6 Å². The Morgan fingerprint density at radius 2 is 2.08 bits per heavy atom. The Kier molecular flexibility index (Phi) is 6.32. The van der Waals surface area contributed by atoms with Gasteiger partial charge in [0.1, 0.15) is 5.82 Å². The Balaban J connectivity index is 1.63.